The summed E-state index contributed by atoms with van der Waals surface area (Å²) in [4.78, 5) is 12.3. The number of para-hydroxylation sites is 1. The normalized spacial score (nSPS) is 19.2. The summed E-state index contributed by atoms with van der Waals surface area (Å²) in [6.07, 6.45) is 0.0702. The van der Waals surface area contributed by atoms with E-state index in [1.54, 1.807) is 24.3 Å². The van der Waals surface area contributed by atoms with Gasteiger partial charge in [-0.05, 0) is 36.8 Å². The first-order valence-corrected chi connectivity index (χ1v) is 11.5. The minimum Gasteiger partial charge on any atom is -0.321 e. The molecule has 1 fully saturated rings. The molecule has 1 aliphatic heterocycles. The number of carbonyl (C=O) groups excluding carboxylic acids is 1. The lowest BCUT2D eigenvalue weighted by atomic mass is 10.2. The Labute approximate surface area is 157 Å². The van der Waals surface area contributed by atoms with Crippen molar-refractivity contribution in [2.75, 3.05) is 16.8 Å². The van der Waals surface area contributed by atoms with Crippen molar-refractivity contribution < 1.29 is 21.6 Å². The molecule has 26 heavy (non-hydrogen) atoms. The number of benzene rings is 2. The Balaban J connectivity index is 1.86. The van der Waals surface area contributed by atoms with Crippen molar-refractivity contribution in [1.82, 2.24) is 0 Å². The van der Waals surface area contributed by atoms with Crippen molar-refractivity contribution in [1.29, 1.82) is 0 Å². The molecule has 3 rings (SSSR count). The van der Waals surface area contributed by atoms with E-state index in [4.69, 9.17) is 11.6 Å². The molecule has 1 N–H and O–H groups in total. The van der Waals surface area contributed by atoms with Crippen molar-refractivity contribution in [3.8, 4) is 0 Å². The van der Waals surface area contributed by atoms with Gasteiger partial charge in [-0.3, -0.25) is 4.79 Å². The fraction of sp³-hybridized carbons (Fsp3) is 0.235. The van der Waals surface area contributed by atoms with E-state index in [2.05, 4.69) is 5.32 Å². The molecule has 0 bridgehead atoms. The van der Waals surface area contributed by atoms with E-state index in [-0.39, 0.29) is 28.4 Å². The first kappa shape index (κ1) is 18.9. The second-order valence-electron chi connectivity index (χ2n) is 6.03. The molecule has 2 aromatic rings. The third kappa shape index (κ3) is 3.92. The second-order valence-corrected chi connectivity index (χ2v) is 10.9. The van der Waals surface area contributed by atoms with Crippen molar-refractivity contribution in [3.63, 3.8) is 0 Å². The highest BCUT2D eigenvalue weighted by Gasteiger charge is 2.38. The van der Waals surface area contributed by atoms with E-state index in [0.29, 0.717) is 10.7 Å². The minimum absolute atomic E-state index is 0.0635. The summed E-state index contributed by atoms with van der Waals surface area (Å²) in [5, 5.41) is 2.01. The van der Waals surface area contributed by atoms with Crippen LogP contribution in [-0.2, 0) is 19.7 Å². The van der Waals surface area contributed by atoms with Crippen molar-refractivity contribution in [2.24, 2.45) is 0 Å². The molecule has 0 unspecified atom stereocenters. The fourth-order valence-electron chi connectivity index (χ4n) is 2.77. The highest BCUT2D eigenvalue weighted by molar-refractivity contribution is 7.96. The van der Waals surface area contributed by atoms with Gasteiger partial charge in [0.15, 0.2) is 19.7 Å². The van der Waals surface area contributed by atoms with Gasteiger partial charge in [0.1, 0.15) is 0 Å². The van der Waals surface area contributed by atoms with Gasteiger partial charge in [0.05, 0.1) is 32.4 Å². The van der Waals surface area contributed by atoms with E-state index >= 15 is 0 Å². The average molecular weight is 414 g/mol. The molecule has 138 valence electrons. The predicted molar refractivity (Wildman–Crippen MR) is 100 cm³/mol. The van der Waals surface area contributed by atoms with Crippen LogP contribution in [-0.4, -0.2) is 39.5 Å². The van der Waals surface area contributed by atoms with Gasteiger partial charge in [-0.1, -0.05) is 29.8 Å². The van der Waals surface area contributed by atoms with Gasteiger partial charge in [0, 0.05) is 5.56 Å². The molecule has 1 heterocycles. The van der Waals surface area contributed by atoms with Crippen LogP contribution >= 0.6 is 11.6 Å². The van der Waals surface area contributed by atoms with E-state index in [0.717, 1.165) is 0 Å². The van der Waals surface area contributed by atoms with Crippen LogP contribution in [0, 0.1) is 0 Å². The number of amides is 1. The van der Waals surface area contributed by atoms with Crippen LogP contribution in [0.2, 0.25) is 5.02 Å². The van der Waals surface area contributed by atoms with Gasteiger partial charge in [0.2, 0.25) is 0 Å². The number of anilines is 1. The molecule has 0 saturated carbocycles. The van der Waals surface area contributed by atoms with Crippen LogP contribution in [0.1, 0.15) is 16.8 Å². The summed E-state index contributed by atoms with van der Waals surface area (Å²) in [7, 11) is -7.16. The zero-order valence-electron chi connectivity index (χ0n) is 13.6. The quantitative estimate of drug-likeness (QED) is 0.830. The Morgan fingerprint density at radius 2 is 1.85 bits per heavy atom. The van der Waals surface area contributed by atoms with E-state index in [9.17, 15) is 21.6 Å². The summed E-state index contributed by atoms with van der Waals surface area (Å²) in [6, 6.07) is 12.2. The number of halogens is 1. The Hall–Kier alpha value is -1.90. The van der Waals surface area contributed by atoms with Gasteiger partial charge in [0.25, 0.3) is 5.91 Å². The smallest absolute Gasteiger partial charge is 0.255 e. The van der Waals surface area contributed by atoms with Crippen LogP contribution in [0.5, 0.6) is 0 Å². The topological polar surface area (TPSA) is 97.4 Å². The van der Waals surface area contributed by atoms with Crippen LogP contribution in [0.3, 0.4) is 0 Å². The van der Waals surface area contributed by atoms with Gasteiger partial charge < -0.3 is 5.32 Å². The molecule has 0 aliphatic carbocycles. The molecule has 1 amide bonds. The zero-order chi connectivity index (χ0) is 18.9. The summed E-state index contributed by atoms with van der Waals surface area (Å²) >= 11 is 6.00. The average Bonchev–Trinajstić information content (AvgIpc) is 2.98. The third-order valence-electron chi connectivity index (χ3n) is 4.18. The lowest BCUT2D eigenvalue weighted by Crippen LogP contribution is -2.23. The van der Waals surface area contributed by atoms with Crippen molar-refractivity contribution in [2.45, 2.75) is 16.6 Å². The monoisotopic (exact) mass is 413 g/mol. The van der Waals surface area contributed by atoms with Gasteiger partial charge in [-0.2, -0.15) is 0 Å². The van der Waals surface area contributed by atoms with Crippen LogP contribution in [0.15, 0.2) is 53.4 Å². The summed E-state index contributed by atoms with van der Waals surface area (Å²) < 4.78 is 48.6. The standard InChI is InChI=1S/C17H16ClNO5S2/c18-15-6-1-2-7-16(15)19-17(20)12-4-3-5-13(10-12)26(23,24)14-8-9-25(21,22)11-14/h1-7,10,14H,8-9,11H2,(H,19,20)/t14-/m1/s1. The molecule has 1 atom stereocenters. The van der Waals surface area contributed by atoms with Gasteiger partial charge in [-0.25, -0.2) is 16.8 Å². The second kappa shape index (κ2) is 7.02. The summed E-state index contributed by atoms with van der Waals surface area (Å²) in [5.74, 6) is -1.02. The van der Waals surface area contributed by atoms with E-state index in [1.807, 2.05) is 0 Å². The summed E-state index contributed by atoms with van der Waals surface area (Å²) in [6.45, 7) is 0. The number of rotatable bonds is 4. The maximum Gasteiger partial charge on any atom is 0.255 e. The molecule has 0 radical (unpaired) electrons. The maximum atomic E-state index is 12.7. The predicted octanol–water partition coefficient (Wildman–Crippen LogP) is 2.55. The Kier molecular flexibility index (Phi) is 5.09. The largest absolute Gasteiger partial charge is 0.321 e. The van der Waals surface area contributed by atoms with E-state index in [1.165, 1.54) is 24.3 Å². The molecule has 0 spiro atoms. The third-order valence-corrected chi connectivity index (χ3v) is 8.68. The van der Waals surface area contributed by atoms with Crippen molar-refractivity contribution >= 4 is 42.9 Å². The van der Waals surface area contributed by atoms with E-state index < -0.39 is 30.8 Å². The molecule has 0 aromatic heterocycles. The lowest BCUT2D eigenvalue weighted by Gasteiger charge is -2.12. The highest BCUT2D eigenvalue weighted by atomic mass is 35.5. The maximum absolute atomic E-state index is 12.7. The molecular formula is C17H16ClNO5S2. The molecule has 1 saturated heterocycles. The first-order valence-electron chi connectivity index (χ1n) is 7.79. The number of carbonyl (C=O) groups is 1. The van der Waals surface area contributed by atoms with Crippen LogP contribution in [0.25, 0.3) is 0 Å². The number of hydrogen-bond donors (Lipinski definition) is 1. The van der Waals surface area contributed by atoms with Crippen molar-refractivity contribution in [3.05, 3.63) is 59.1 Å². The van der Waals surface area contributed by atoms with Crippen LogP contribution < -0.4 is 5.32 Å². The number of hydrogen-bond acceptors (Lipinski definition) is 5. The highest BCUT2D eigenvalue weighted by Crippen LogP contribution is 2.26. The lowest BCUT2D eigenvalue weighted by molar-refractivity contribution is 0.102. The Bertz CT molecular complexity index is 1060. The number of nitrogens with one attached hydrogen (secondary N) is 1. The molecule has 9 heteroatoms. The van der Waals surface area contributed by atoms with Gasteiger partial charge >= 0.3 is 0 Å². The number of sulfone groups is 2. The minimum atomic E-state index is -3.83. The first-order chi connectivity index (χ1) is 12.2. The summed E-state index contributed by atoms with van der Waals surface area (Å²) in [5.41, 5.74) is 0.557. The molecule has 2 aromatic carbocycles. The fourth-order valence-corrected chi connectivity index (χ4v) is 7.36. The molecular weight excluding hydrogens is 398 g/mol. The molecule has 1 aliphatic rings. The Morgan fingerprint density at radius 1 is 1.12 bits per heavy atom. The molecule has 6 nitrogen and oxygen atoms in total. The van der Waals surface area contributed by atoms with Gasteiger partial charge in [-0.15, -0.1) is 0 Å². The zero-order valence-corrected chi connectivity index (χ0v) is 15.9. The SMILES string of the molecule is O=C(Nc1ccccc1Cl)c1cccc(S(=O)(=O)[C@@H]2CCS(=O)(=O)C2)c1. The van der Waals surface area contributed by atoms with Crippen LogP contribution in [0.4, 0.5) is 5.69 Å². The Morgan fingerprint density at radius 3 is 2.50 bits per heavy atom.